The number of halogens is 1. The van der Waals surface area contributed by atoms with Crippen LogP contribution in [-0.4, -0.2) is 15.7 Å². The predicted molar refractivity (Wildman–Crippen MR) is 72.6 cm³/mol. The van der Waals surface area contributed by atoms with Gasteiger partial charge < -0.3 is 5.11 Å². The molecule has 0 aliphatic rings. The zero-order valence-corrected chi connectivity index (χ0v) is 11.3. The second kappa shape index (κ2) is 4.77. The molecule has 1 N–H and O–H groups in total. The Morgan fingerprint density at radius 2 is 1.94 bits per heavy atom. The molecular formula is C13H14ClNOS. The lowest BCUT2D eigenvalue weighted by molar-refractivity contribution is 0.0801. The third-order valence-electron chi connectivity index (χ3n) is 2.26. The molecule has 0 aliphatic heterocycles. The van der Waals surface area contributed by atoms with Gasteiger partial charge in [0.05, 0.1) is 11.3 Å². The second-order valence-corrected chi connectivity index (χ2v) is 5.93. The van der Waals surface area contributed by atoms with Crippen molar-refractivity contribution in [3.63, 3.8) is 0 Å². The quantitative estimate of drug-likeness (QED) is 0.918. The first-order valence-electron chi connectivity index (χ1n) is 5.37. The van der Waals surface area contributed by atoms with E-state index in [1.165, 1.54) is 0 Å². The van der Waals surface area contributed by atoms with Crippen LogP contribution in [0.1, 0.15) is 19.5 Å². The van der Waals surface area contributed by atoms with Gasteiger partial charge in [0.2, 0.25) is 0 Å². The Hall–Kier alpha value is -0.900. The lowest BCUT2D eigenvalue weighted by atomic mass is 10.0. The topological polar surface area (TPSA) is 33.1 Å². The minimum Gasteiger partial charge on any atom is -0.390 e. The molecule has 0 amide bonds. The van der Waals surface area contributed by atoms with Crippen molar-refractivity contribution in [2.45, 2.75) is 25.9 Å². The molecule has 1 heterocycles. The summed E-state index contributed by atoms with van der Waals surface area (Å²) in [6, 6.07) is 7.62. The fourth-order valence-corrected chi connectivity index (χ4v) is 2.51. The Labute approximate surface area is 110 Å². The maximum absolute atomic E-state index is 9.73. The van der Waals surface area contributed by atoms with E-state index in [2.05, 4.69) is 4.98 Å². The van der Waals surface area contributed by atoms with Crippen LogP contribution in [0.5, 0.6) is 0 Å². The molecule has 0 radical (unpaired) electrons. The third-order valence-corrected chi connectivity index (χ3v) is 3.45. The number of nitrogens with zero attached hydrogens (tertiary/aromatic N) is 1. The van der Waals surface area contributed by atoms with Crippen molar-refractivity contribution < 1.29 is 5.11 Å². The van der Waals surface area contributed by atoms with Gasteiger partial charge in [-0.05, 0) is 26.0 Å². The highest BCUT2D eigenvalue weighted by atomic mass is 35.5. The van der Waals surface area contributed by atoms with E-state index in [-0.39, 0.29) is 0 Å². The zero-order valence-electron chi connectivity index (χ0n) is 9.77. The van der Waals surface area contributed by atoms with E-state index in [0.29, 0.717) is 6.42 Å². The van der Waals surface area contributed by atoms with Crippen molar-refractivity contribution in [2.75, 3.05) is 0 Å². The van der Waals surface area contributed by atoms with Gasteiger partial charge in [-0.3, -0.25) is 0 Å². The molecule has 2 nitrogen and oxygen atoms in total. The average molecular weight is 268 g/mol. The summed E-state index contributed by atoms with van der Waals surface area (Å²) < 4.78 is 0. The van der Waals surface area contributed by atoms with E-state index in [9.17, 15) is 5.11 Å². The Morgan fingerprint density at radius 3 is 2.53 bits per heavy atom. The summed E-state index contributed by atoms with van der Waals surface area (Å²) in [5.74, 6) is 0. The van der Waals surface area contributed by atoms with Gasteiger partial charge >= 0.3 is 0 Å². The van der Waals surface area contributed by atoms with Crippen LogP contribution in [0, 0.1) is 0 Å². The Bertz CT molecular complexity index is 499. The standard InChI is InChI=1S/C13H14ClNOS/c1-13(2,16)7-11-8-17-12(15-11)9-3-5-10(14)6-4-9/h3-6,8,16H,7H2,1-2H3. The summed E-state index contributed by atoms with van der Waals surface area (Å²) in [5, 5.41) is 13.4. The maximum Gasteiger partial charge on any atom is 0.123 e. The molecule has 4 heteroatoms. The van der Waals surface area contributed by atoms with E-state index >= 15 is 0 Å². The molecule has 17 heavy (non-hydrogen) atoms. The van der Waals surface area contributed by atoms with Crippen LogP contribution in [0.2, 0.25) is 5.02 Å². The molecule has 0 fully saturated rings. The fraction of sp³-hybridized carbons (Fsp3) is 0.308. The normalized spacial score (nSPS) is 11.8. The molecule has 2 aromatic rings. The lowest BCUT2D eigenvalue weighted by Crippen LogP contribution is -2.21. The molecule has 2 rings (SSSR count). The van der Waals surface area contributed by atoms with Crippen LogP contribution >= 0.6 is 22.9 Å². The van der Waals surface area contributed by atoms with E-state index < -0.39 is 5.60 Å². The van der Waals surface area contributed by atoms with E-state index in [0.717, 1.165) is 21.3 Å². The van der Waals surface area contributed by atoms with E-state index in [4.69, 9.17) is 11.6 Å². The molecule has 0 saturated heterocycles. The average Bonchev–Trinajstić information content (AvgIpc) is 2.64. The SMILES string of the molecule is CC(C)(O)Cc1csc(-c2ccc(Cl)cc2)n1. The van der Waals surface area contributed by atoms with E-state index in [1.807, 2.05) is 29.6 Å². The minimum atomic E-state index is -0.717. The summed E-state index contributed by atoms with van der Waals surface area (Å²) in [6.45, 7) is 3.57. The van der Waals surface area contributed by atoms with Crippen molar-refractivity contribution in [3.05, 3.63) is 40.4 Å². The van der Waals surface area contributed by atoms with Gasteiger partial charge in [-0.15, -0.1) is 11.3 Å². The monoisotopic (exact) mass is 267 g/mol. The number of hydrogen-bond donors (Lipinski definition) is 1. The van der Waals surface area contributed by atoms with Gasteiger partial charge in [-0.1, -0.05) is 23.7 Å². The van der Waals surface area contributed by atoms with Crippen LogP contribution in [-0.2, 0) is 6.42 Å². The molecule has 1 aromatic carbocycles. The van der Waals surface area contributed by atoms with Crippen molar-refractivity contribution >= 4 is 22.9 Å². The van der Waals surface area contributed by atoms with Gasteiger partial charge in [0.15, 0.2) is 0 Å². The first-order valence-corrected chi connectivity index (χ1v) is 6.62. The summed E-state index contributed by atoms with van der Waals surface area (Å²) in [4.78, 5) is 4.51. The number of benzene rings is 1. The first-order chi connectivity index (χ1) is 7.94. The Morgan fingerprint density at radius 1 is 1.29 bits per heavy atom. The van der Waals surface area contributed by atoms with Crippen LogP contribution in [0.25, 0.3) is 10.6 Å². The molecule has 90 valence electrons. The Balaban J connectivity index is 2.21. The summed E-state index contributed by atoms with van der Waals surface area (Å²) >= 11 is 7.43. The smallest absolute Gasteiger partial charge is 0.123 e. The highest BCUT2D eigenvalue weighted by Gasteiger charge is 2.16. The van der Waals surface area contributed by atoms with E-state index in [1.54, 1.807) is 25.2 Å². The lowest BCUT2D eigenvalue weighted by Gasteiger charge is -2.14. The largest absolute Gasteiger partial charge is 0.390 e. The van der Waals surface area contributed by atoms with Gasteiger partial charge in [0.25, 0.3) is 0 Å². The fourth-order valence-electron chi connectivity index (χ4n) is 1.56. The van der Waals surface area contributed by atoms with Gasteiger partial charge in [-0.2, -0.15) is 0 Å². The molecule has 0 unspecified atom stereocenters. The maximum atomic E-state index is 9.73. The first kappa shape index (κ1) is 12.6. The molecule has 0 atom stereocenters. The van der Waals surface area contributed by atoms with Crippen LogP contribution in [0.15, 0.2) is 29.6 Å². The van der Waals surface area contributed by atoms with Crippen molar-refractivity contribution in [3.8, 4) is 10.6 Å². The number of thiazole rings is 1. The number of aliphatic hydroxyl groups is 1. The second-order valence-electron chi connectivity index (χ2n) is 4.64. The molecule has 0 bridgehead atoms. The van der Waals surface area contributed by atoms with Gasteiger partial charge in [0, 0.05) is 22.4 Å². The van der Waals surface area contributed by atoms with Gasteiger partial charge in [-0.25, -0.2) is 4.98 Å². The molecule has 0 spiro atoms. The van der Waals surface area contributed by atoms with Crippen molar-refractivity contribution in [1.82, 2.24) is 4.98 Å². The van der Waals surface area contributed by atoms with Gasteiger partial charge in [0.1, 0.15) is 5.01 Å². The Kier molecular flexibility index (Phi) is 3.52. The van der Waals surface area contributed by atoms with Crippen LogP contribution in [0.4, 0.5) is 0 Å². The molecule has 0 aliphatic carbocycles. The summed E-state index contributed by atoms with van der Waals surface area (Å²) in [6.07, 6.45) is 0.567. The van der Waals surface area contributed by atoms with Crippen LogP contribution in [0.3, 0.4) is 0 Å². The number of aromatic nitrogens is 1. The molecule has 0 saturated carbocycles. The predicted octanol–water partition coefficient (Wildman–Crippen LogP) is 3.78. The zero-order chi connectivity index (χ0) is 12.5. The number of hydrogen-bond acceptors (Lipinski definition) is 3. The summed E-state index contributed by atoms with van der Waals surface area (Å²) in [5.41, 5.74) is 1.26. The highest BCUT2D eigenvalue weighted by molar-refractivity contribution is 7.13. The minimum absolute atomic E-state index is 0.567. The van der Waals surface area contributed by atoms with Crippen LogP contribution < -0.4 is 0 Å². The highest BCUT2D eigenvalue weighted by Crippen LogP contribution is 2.26. The van der Waals surface area contributed by atoms with Crippen molar-refractivity contribution in [1.29, 1.82) is 0 Å². The molecular weight excluding hydrogens is 254 g/mol. The summed E-state index contributed by atoms with van der Waals surface area (Å²) in [7, 11) is 0. The number of rotatable bonds is 3. The molecule has 1 aromatic heterocycles. The van der Waals surface area contributed by atoms with Crippen molar-refractivity contribution in [2.24, 2.45) is 0 Å². The third kappa shape index (κ3) is 3.53.